The lowest BCUT2D eigenvalue weighted by molar-refractivity contribution is 0.0479. The van der Waals surface area contributed by atoms with Crippen LogP contribution in [0.5, 0.6) is 0 Å². The number of hydrogen-bond acceptors (Lipinski definition) is 6. The van der Waals surface area contributed by atoms with Gasteiger partial charge in [0.05, 0.1) is 13.2 Å². The molecule has 0 bridgehead atoms. The summed E-state index contributed by atoms with van der Waals surface area (Å²) in [6, 6.07) is 0. The first kappa shape index (κ1) is 15.2. The molecule has 0 unspecified atom stereocenters. The van der Waals surface area contributed by atoms with Crippen LogP contribution in [-0.2, 0) is 15.9 Å². The number of carbonyl (C=O) groups is 2. The van der Waals surface area contributed by atoms with Crippen molar-refractivity contribution in [1.29, 1.82) is 0 Å². The van der Waals surface area contributed by atoms with Gasteiger partial charge in [-0.1, -0.05) is 0 Å². The Morgan fingerprint density at radius 3 is 2.42 bits per heavy atom. The maximum absolute atomic E-state index is 11.9. The molecule has 6 heteroatoms. The SMILES string of the molecule is CCOC(=O)c1coc(CCCO)c1C(=O)OCC. The van der Waals surface area contributed by atoms with E-state index in [4.69, 9.17) is 19.0 Å². The predicted octanol–water partition coefficient (Wildman–Crippen LogP) is 1.56. The van der Waals surface area contributed by atoms with Gasteiger partial charge >= 0.3 is 11.9 Å². The topological polar surface area (TPSA) is 86.0 Å². The molecule has 0 aromatic carbocycles. The maximum atomic E-state index is 11.9. The molecule has 0 fully saturated rings. The second-order valence-corrected chi connectivity index (χ2v) is 3.72. The molecule has 0 amide bonds. The van der Waals surface area contributed by atoms with Gasteiger partial charge in [0.15, 0.2) is 0 Å². The summed E-state index contributed by atoms with van der Waals surface area (Å²) in [5.41, 5.74) is 0.155. The van der Waals surface area contributed by atoms with Gasteiger partial charge < -0.3 is 19.0 Å². The third-order valence-electron chi connectivity index (χ3n) is 2.40. The van der Waals surface area contributed by atoms with Crippen molar-refractivity contribution >= 4 is 11.9 Å². The Hall–Kier alpha value is -1.82. The number of hydrogen-bond donors (Lipinski definition) is 1. The summed E-state index contributed by atoms with van der Waals surface area (Å²) in [7, 11) is 0. The average molecular weight is 270 g/mol. The molecule has 0 spiro atoms. The maximum Gasteiger partial charge on any atom is 0.342 e. The van der Waals surface area contributed by atoms with Gasteiger partial charge in [-0.2, -0.15) is 0 Å². The minimum atomic E-state index is -0.621. The van der Waals surface area contributed by atoms with Crippen LogP contribution < -0.4 is 0 Å². The third kappa shape index (κ3) is 3.82. The normalized spacial score (nSPS) is 10.3. The molecule has 1 aromatic heterocycles. The summed E-state index contributed by atoms with van der Waals surface area (Å²) in [6.45, 7) is 3.73. The highest BCUT2D eigenvalue weighted by atomic mass is 16.5. The van der Waals surface area contributed by atoms with E-state index in [1.54, 1.807) is 13.8 Å². The summed E-state index contributed by atoms with van der Waals surface area (Å²) in [5.74, 6) is -0.910. The van der Waals surface area contributed by atoms with Gasteiger partial charge in [0, 0.05) is 13.0 Å². The van der Waals surface area contributed by atoms with Gasteiger partial charge in [-0.3, -0.25) is 0 Å². The van der Waals surface area contributed by atoms with Crippen LogP contribution in [0.2, 0.25) is 0 Å². The number of ether oxygens (including phenoxy) is 2. The summed E-state index contributed by atoms with van der Waals surface area (Å²) < 4.78 is 15.0. The number of aryl methyl sites for hydroxylation is 1. The molecule has 0 aliphatic carbocycles. The first-order valence-electron chi connectivity index (χ1n) is 6.21. The number of furan rings is 1. The molecular weight excluding hydrogens is 252 g/mol. The lowest BCUT2D eigenvalue weighted by Crippen LogP contribution is -2.13. The molecule has 6 nitrogen and oxygen atoms in total. The van der Waals surface area contributed by atoms with Crippen molar-refractivity contribution in [2.45, 2.75) is 26.7 Å². The zero-order chi connectivity index (χ0) is 14.3. The fraction of sp³-hybridized carbons (Fsp3) is 0.538. The van der Waals surface area contributed by atoms with Crippen LogP contribution in [0, 0.1) is 0 Å². The van der Waals surface area contributed by atoms with Gasteiger partial charge in [0.2, 0.25) is 0 Å². The molecular formula is C13H18O6. The Morgan fingerprint density at radius 2 is 1.84 bits per heavy atom. The summed E-state index contributed by atoms with van der Waals surface area (Å²) in [5, 5.41) is 8.81. The highest BCUT2D eigenvalue weighted by Crippen LogP contribution is 2.21. The lowest BCUT2D eigenvalue weighted by atomic mass is 10.1. The molecule has 0 atom stereocenters. The van der Waals surface area contributed by atoms with E-state index in [1.807, 2.05) is 0 Å². The van der Waals surface area contributed by atoms with Crippen molar-refractivity contribution in [2.24, 2.45) is 0 Å². The average Bonchev–Trinajstić information content (AvgIpc) is 2.80. The second kappa shape index (κ2) is 7.58. The quantitative estimate of drug-likeness (QED) is 0.757. The number of esters is 2. The van der Waals surface area contributed by atoms with E-state index in [0.717, 1.165) is 0 Å². The first-order chi connectivity index (χ1) is 9.15. The van der Waals surface area contributed by atoms with Crippen molar-refractivity contribution in [2.75, 3.05) is 19.8 Å². The van der Waals surface area contributed by atoms with Gasteiger partial charge in [-0.05, 0) is 20.3 Å². The lowest BCUT2D eigenvalue weighted by Gasteiger charge is -2.05. The Balaban J connectivity index is 3.06. The van der Waals surface area contributed by atoms with Crippen LogP contribution in [0.3, 0.4) is 0 Å². The number of carbonyl (C=O) groups excluding carboxylic acids is 2. The molecule has 0 radical (unpaired) electrons. The Labute approximate surface area is 111 Å². The van der Waals surface area contributed by atoms with Gasteiger partial charge in [-0.15, -0.1) is 0 Å². The molecule has 0 aliphatic heterocycles. The Bertz CT molecular complexity index is 434. The fourth-order valence-corrected chi connectivity index (χ4v) is 1.61. The van der Waals surface area contributed by atoms with E-state index in [1.165, 1.54) is 6.26 Å². The summed E-state index contributed by atoms with van der Waals surface area (Å²) in [6.07, 6.45) is 1.98. The highest BCUT2D eigenvalue weighted by Gasteiger charge is 2.26. The third-order valence-corrected chi connectivity index (χ3v) is 2.40. The van der Waals surface area contributed by atoms with Crippen molar-refractivity contribution < 1.29 is 28.6 Å². The molecule has 1 heterocycles. The van der Waals surface area contributed by atoms with Crippen molar-refractivity contribution in [3.05, 3.63) is 23.2 Å². The van der Waals surface area contributed by atoms with E-state index in [2.05, 4.69) is 0 Å². The van der Waals surface area contributed by atoms with Crippen molar-refractivity contribution in [3.63, 3.8) is 0 Å². The molecule has 106 valence electrons. The number of aliphatic hydroxyl groups excluding tert-OH is 1. The monoisotopic (exact) mass is 270 g/mol. The smallest absolute Gasteiger partial charge is 0.342 e. The van der Waals surface area contributed by atoms with Gasteiger partial charge in [-0.25, -0.2) is 9.59 Å². The number of aliphatic hydroxyl groups is 1. The molecule has 1 aromatic rings. The predicted molar refractivity (Wildman–Crippen MR) is 66.0 cm³/mol. The van der Waals surface area contributed by atoms with Crippen molar-refractivity contribution in [1.82, 2.24) is 0 Å². The summed E-state index contributed by atoms with van der Waals surface area (Å²) in [4.78, 5) is 23.6. The molecule has 1 N–H and O–H groups in total. The van der Waals surface area contributed by atoms with E-state index in [0.29, 0.717) is 18.6 Å². The van der Waals surface area contributed by atoms with Crippen LogP contribution in [0.1, 0.15) is 46.7 Å². The van der Waals surface area contributed by atoms with E-state index in [-0.39, 0.29) is 30.9 Å². The standard InChI is InChI=1S/C13H18O6/c1-3-17-12(15)9-8-19-10(6-5-7-14)11(9)13(16)18-4-2/h8,14H,3-7H2,1-2H3. The Morgan fingerprint density at radius 1 is 1.21 bits per heavy atom. The van der Waals surface area contributed by atoms with Crippen LogP contribution in [0.25, 0.3) is 0 Å². The first-order valence-corrected chi connectivity index (χ1v) is 6.21. The Kier molecular flexibility index (Phi) is 6.08. The molecule has 0 saturated carbocycles. The zero-order valence-electron chi connectivity index (χ0n) is 11.1. The second-order valence-electron chi connectivity index (χ2n) is 3.72. The van der Waals surface area contributed by atoms with Gasteiger partial charge in [0.1, 0.15) is 23.2 Å². The van der Waals surface area contributed by atoms with Crippen molar-refractivity contribution in [3.8, 4) is 0 Å². The molecule has 0 aliphatic rings. The van der Waals surface area contributed by atoms with Crippen LogP contribution in [-0.4, -0.2) is 36.9 Å². The summed E-state index contributed by atoms with van der Waals surface area (Å²) >= 11 is 0. The minimum Gasteiger partial charge on any atom is -0.467 e. The molecule has 19 heavy (non-hydrogen) atoms. The number of rotatable bonds is 7. The van der Waals surface area contributed by atoms with Crippen LogP contribution in [0.15, 0.2) is 10.7 Å². The van der Waals surface area contributed by atoms with Gasteiger partial charge in [0.25, 0.3) is 0 Å². The van der Waals surface area contributed by atoms with Crippen LogP contribution >= 0.6 is 0 Å². The zero-order valence-corrected chi connectivity index (χ0v) is 11.1. The largest absolute Gasteiger partial charge is 0.467 e. The molecule has 1 rings (SSSR count). The fourth-order valence-electron chi connectivity index (χ4n) is 1.61. The van der Waals surface area contributed by atoms with Crippen LogP contribution in [0.4, 0.5) is 0 Å². The molecule has 0 saturated heterocycles. The highest BCUT2D eigenvalue weighted by molar-refractivity contribution is 6.03. The van der Waals surface area contributed by atoms with E-state index >= 15 is 0 Å². The van der Waals surface area contributed by atoms with E-state index in [9.17, 15) is 9.59 Å². The van der Waals surface area contributed by atoms with E-state index < -0.39 is 11.9 Å². The minimum absolute atomic E-state index is 0.0301.